The number of carbonyl (C=O) groups excluding carboxylic acids is 1. The van der Waals surface area contributed by atoms with Gasteiger partial charge in [-0.2, -0.15) is 0 Å². The van der Waals surface area contributed by atoms with Crippen LogP contribution in [0.5, 0.6) is 0 Å². The third-order valence-electron chi connectivity index (χ3n) is 15.9. The number of aliphatic carboxylic acids is 1. The molecule has 8 saturated carbocycles. The Labute approximate surface area is 207 Å². The summed E-state index contributed by atoms with van der Waals surface area (Å²) in [7, 11) is 0. The summed E-state index contributed by atoms with van der Waals surface area (Å²) in [6.45, 7) is 10.1. The zero-order chi connectivity index (χ0) is 24.2. The van der Waals surface area contributed by atoms with Gasteiger partial charge in [0.05, 0.1) is 18.4 Å². The fourth-order valence-electron chi connectivity index (χ4n) is 16.0. The number of aliphatic hydroxyl groups is 1. The van der Waals surface area contributed by atoms with Crippen molar-refractivity contribution in [3.63, 3.8) is 0 Å². The maximum atomic E-state index is 13.2. The number of carboxylic acid groups (broad SMARTS) is 1. The largest absolute Gasteiger partial charge is 0.481 e. The highest BCUT2D eigenvalue weighted by molar-refractivity contribution is 5.78. The minimum absolute atomic E-state index is 0.0312. The summed E-state index contributed by atoms with van der Waals surface area (Å²) in [4.78, 5) is 26.2. The molecule has 17 atom stereocenters. The maximum absolute atomic E-state index is 13.2. The first kappa shape index (κ1) is 20.9. The van der Waals surface area contributed by atoms with Crippen LogP contribution in [0, 0.1) is 105 Å². The summed E-state index contributed by atoms with van der Waals surface area (Å²) >= 11 is 0. The van der Waals surface area contributed by atoms with E-state index in [1.165, 1.54) is 19.3 Å². The van der Waals surface area contributed by atoms with Crippen LogP contribution < -0.4 is 0 Å². The number of esters is 1. The lowest BCUT2D eigenvalue weighted by molar-refractivity contribution is -0.151. The van der Waals surface area contributed by atoms with Crippen molar-refractivity contribution in [3.05, 3.63) is 0 Å². The molecule has 0 aromatic rings. The summed E-state index contributed by atoms with van der Waals surface area (Å²) in [5.41, 5.74) is 0.230. The second kappa shape index (κ2) is 5.52. The van der Waals surface area contributed by atoms with Gasteiger partial charge < -0.3 is 14.9 Å². The van der Waals surface area contributed by atoms with Crippen LogP contribution >= 0.6 is 0 Å². The molecule has 1 saturated heterocycles. The van der Waals surface area contributed by atoms with E-state index in [2.05, 4.69) is 27.7 Å². The molecule has 9 rings (SSSR count). The van der Waals surface area contributed by atoms with Crippen LogP contribution in [-0.4, -0.2) is 35.4 Å². The average Bonchev–Trinajstić information content (AvgIpc) is 3.19. The van der Waals surface area contributed by atoms with Crippen molar-refractivity contribution in [2.24, 2.45) is 105 Å². The minimum Gasteiger partial charge on any atom is -0.481 e. The highest BCUT2D eigenvalue weighted by Gasteiger charge is 2.95. The molecular formula is C30H40O5. The third kappa shape index (κ3) is 1.61. The number of hydrogen-bond acceptors (Lipinski definition) is 4. The van der Waals surface area contributed by atoms with Crippen molar-refractivity contribution in [2.75, 3.05) is 13.2 Å². The van der Waals surface area contributed by atoms with Gasteiger partial charge in [-0.3, -0.25) is 9.59 Å². The van der Waals surface area contributed by atoms with E-state index in [0.29, 0.717) is 71.7 Å². The van der Waals surface area contributed by atoms with Crippen molar-refractivity contribution in [1.82, 2.24) is 0 Å². The predicted octanol–water partition coefficient (Wildman–Crippen LogP) is 3.94. The number of fused-ring (bicyclic) bond motifs is 6. The van der Waals surface area contributed by atoms with Gasteiger partial charge in [-0.15, -0.1) is 0 Å². The lowest BCUT2D eigenvalue weighted by Crippen LogP contribution is -2.44. The molecule has 9 fully saturated rings. The molecule has 8 aliphatic carbocycles. The molecule has 0 radical (unpaired) electrons. The van der Waals surface area contributed by atoms with E-state index in [4.69, 9.17) is 4.74 Å². The number of aliphatic hydroxyl groups excluding tert-OH is 1. The van der Waals surface area contributed by atoms with Crippen LogP contribution in [0.3, 0.4) is 0 Å². The van der Waals surface area contributed by atoms with Crippen LogP contribution in [0.15, 0.2) is 0 Å². The van der Waals surface area contributed by atoms with E-state index >= 15 is 0 Å². The van der Waals surface area contributed by atoms with Gasteiger partial charge in [0.25, 0.3) is 0 Å². The Hall–Kier alpha value is -1.10. The Morgan fingerprint density at radius 1 is 1.06 bits per heavy atom. The van der Waals surface area contributed by atoms with Crippen molar-refractivity contribution < 1.29 is 24.5 Å². The molecule has 4 bridgehead atoms. The Morgan fingerprint density at radius 3 is 2.37 bits per heavy atom. The second-order valence-electron chi connectivity index (χ2n) is 15.4. The lowest BCUT2D eigenvalue weighted by Gasteiger charge is -2.44. The maximum Gasteiger partial charge on any atom is 0.309 e. The minimum atomic E-state index is -0.648. The van der Waals surface area contributed by atoms with E-state index in [1.807, 2.05) is 0 Å². The van der Waals surface area contributed by atoms with Gasteiger partial charge in [0.15, 0.2) is 0 Å². The first-order chi connectivity index (χ1) is 16.7. The first-order valence-corrected chi connectivity index (χ1v) is 14.7. The van der Waals surface area contributed by atoms with Crippen LogP contribution in [-0.2, 0) is 14.3 Å². The van der Waals surface area contributed by atoms with Gasteiger partial charge >= 0.3 is 11.9 Å². The third-order valence-corrected chi connectivity index (χ3v) is 15.9. The summed E-state index contributed by atoms with van der Waals surface area (Å²) in [5, 5.41) is 21.3. The van der Waals surface area contributed by atoms with Gasteiger partial charge in [-0.05, 0) is 107 Å². The number of hydrogen-bond donors (Lipinski definition) is 2. The molecular weight excluding hydrogens is 440 g/mol. The molecule has 0 aromatic carbocycles. The van der Waals surface area contributed by atoms with E-state index in [0.717, 1.165) is 6.42 Å². The normalized spacial score (nSPS) is 67.7. The molecule has 5 heteroatoms. The number of carboxylic acids is 1. The summed E-state index contributed by atoms with van der Waals surface area (Å²) in [6.07, 6.45) is 4.73. The van der Waals surface area contributed by atoms with Gasteiger partial charge in [0.2, 0.25) is 0 Å². The lowest BCUT2D eigenvalue weighted by atomic mass is 9.59. The summed E-state index contributed by atoms with van der Waals surface area (Å²) < 4.78 is 5.82. The van der Waals surface area contributed by atoms with E-state index < -0.39 is 11.9 Å². The average molecular weight is 481 g/mol. The molecule has 9 aliphatic rings. The Balaban J connectivity index is 1.19. The SMILES string of the molecule is CC(C)C12CC3CC1C1(C4COC(=O)C42)C3C1C(C)C12CC3CC1C1(C(C)C31)C(CO)C2C(=O)O. The molecule has 0 amide bonds. The first-order valence-electron chi connectivity index (χ1n) is 14.7. The van der Waals surface area contributed by atoms with E-state index in [9.17, 15) is 19.8 Å². The molecule has 35 heavy (non-hydrogen) atoms. The molecule has 2 N–H and O–H groups in total. The summed E-state index contributed by atoms with van der Waals surface area (Å²) in [5.74, 6) is 5.09. The molecule has 190 valence electrons. The zero-order valence-corrected chi connectivity index (χ0v) is 21.4. The van der Waals surface area contributed by atoms with Crippen LogP contribution in [0.4, 0.5) is 0 Å². The molecule has 1 aliphatic heterocycles. The predicted molar refractivity (Wildman–Crippen MR) is 125 cm³/mol. The fraction of sp³-hybridized carbons (Fsp3) is 0.933. The molecule has 0 aromatic heterocycles. The monoisotopic (exact) mass is 480 g/mol. The van der Waals surface area contributed by atoms with Crippen LogP contribution in [0.1, 0.15) is 53.4 Å². The number of carbonyl (C=O) groups is 2. The smallest absolute Gasteiger partial charge is 0.309 e. The van der Waals surface area contributed by atoms with Crippen LogP contribution in [0.25, 0.3) is 0 Å². The van der Waals surface area contributed by atoms with Gasteiger partial charge in [-0.25, -0.2) is 0 Å². The molecule has 2 spiro atoms. The quantitative estimate of drug-likeness (QED) is 0.583. The Bertz CT molecular complexity index is 1100. The van der Waals surface area contributed by atoms with Gasteiger partial charge in [0, 0.05) is 18.4 Å². The molecule has 5 nitrogen and oxygen atoms in total. The highest BCUT2D eigenvalue weighted by Crippen LogP contribution is 2.97. The number of ether oxygens (including phenoxy) is 1. The van der Waals surface area contributed by atoms with Crippen molar-refractivity contribution >= 4 is 11.9 Å². The Morgan fingerprint density at radius 2 is 1.71 bits per heavy atom. The van der Waals surface area contributed by atoms with E-state index in [-0.39, 0.29) is 46.1 Å². The highest BCUT2D eigenvalue weighted by atomic mass is 16.5. The second-order valence-corrected chi connectivity index (χ2v) is 15.4. The van der Waals surface area contributed by atoms with Gasteiger partial charge in [0.1, 0.15) is 0 Å². The van der Waals surface area contributed by atoms with Crippen molar-refractivity contribution in [3.8, 4) is 0 Å². The number of cyclic esters (lactones) is 1. The van der Waals surface area contributed by atoms with E-state index in [1.54, 1.807) is 0 Å². The van der Waals surface area contributed by atoms with Gasteiger partial charge in [-0.1, -0.05) is 27.7 Å². The van der Waals surface area contributed by atoms with Crippen molar-refractivity contribution in [1.29, 1.82) is 0 Å². The number of rotatable bonds is 5. The van der Waals surface area contributed by atoms with Crippen molar-refractivity contribution in [2.45, 2.75) is 53.4 Å². The van der Waals surface area contributed by atoms with Crippen LogP contribution in [0.2, 0.25) is 0 Å². The summed E-state index contributed by atoms with van der Waals surface area (Å²) in [6, 6.07) is 0. The zero-order valence-electron chi connectivity index (χ0n) is 21.4. The Kier molecular flexibility index (Phi) is 3.29. The standard InChI is InChI=1S/C30H40O5/c1-11(2)27-7-15-6-18(27)30(17-10-35-26(34)24(17)27)21(22(15)30)12(3)28-8-14-5-19(28)29(13(4)20(14)29)16(9-31)23(28)25(32)33/h11-24,31H,5-10H2,1-4H3,(H,32,33). The topological polar surface area (TPSA) is 83.8 Å². The fourth-order valence-corrected chi connectivity index (χ4v) is 16.0. The molecule has 17 unspecified atom stereocenters. The molecule has 1 heterocycles.